The van der Waals surface area contributed by atoms with Crippen LogP contribution in [0.25, 0.3) is 0 Å². The van der Waals surface area contributed by atoms with Gasteiger partial charge in [0.1, 0.15) is 5.75 Å². The maximum absolute atomic E-state index is 13.3. The van der Waals surface area contributed by atoms with Crippen LogP contribution >= 0.6 is 24.8 Å². The van der Waals surface area contributed by atoms with Crippen LogP contribution in [-0.4, -0.2) is 79.6 Å². The minimum Gasteiger partial charge on any atom is -0.497 e. The molecule has 1 amide bonds. The van der Waals surface area contributed by atoms with Gasteiger partial charge in [-0.3, -0.25) is 14.6 Å². The van der Waals surface area contributed by atoms with E-state index in [0.717, 1.165) is 50.6 Å². The molecule has 2 heterocycles. The topological polar surface area (TPSA) is 62.3 Å². The Morgan fingerprint density at radius 2 is 1.71 bits per heavy atom. The molecule has 1 saturated heterocycles. The molecule has 2 atom stereocenters. The van der Waals surface area contributed by atoms with Crippen molar-refractivity contribution < 1.29 is 19.1 Å². The molecule has 1 aromatic rings. The number of nitrogens with zero attached hydrogens (tertiary/aromatic N) is 3. The van der Waals surface area contributed by atoms with Gasteiger partial charge in [0.2, 0.25) is 5.91 Å². The molecule has 2 aliphatic heterocycles. The van der Waals surface area contributed by atoms with Crippen molar-refractivity contribution >= 4 is 36.7 Å². The molecule has 0 radical (unpaired) electrons. The molecule has 0 aromatic heterocycles. The van der Waals surface area contributed by atoms with Crippen molar-refractivity contribution in [3.63, 3.8) is 0 Å². The predicted molar refractivity (Wildman–Crippen MR) is 141 cm³/mol. The van der Waals surface area contributed by atoms with Crippen molar-refractivity contribution in [1.82, 2.24) is 14.7 Å². The number of methoxy groups -OCH3 is 2. The first kappa shape index (κ1) is 29.2. The zero-order valence-electron chi connectivity index (χ0n) is 20.9. The standard InChI is InChI=1S/C26H35N3O4.2ClH/c1-18(2)29-17-23(26(31)33-4)22-9-8-20(24(22)25(29)30)16-28-12-10-27(11-13-28)15-19-6-5-7-21(14-19)32-3;;/h5-8,14,17-18,22,24H,9-13,15-16H2,1-4H3;2*1H/t22-,24-;;/m1../s1. The zero-order valence-corrected chi connectivity index (χ0v) is 22.6. The van der Waals surface area contributed by atoms with Gasteiger partial charge in [0.25, 0.3) is 0 Å². The molecular weight excluding hydrogens is 489 g/mol. The second-order valence-corrected chi connectivity index (χ2v) is 9.42. The third-order valence-corrected chi connectivity index (χ3v) is 7.02. The molecular formula is C26H37Cl2N3O4. The number of esters is 1. The molecule has 1 aliphatic carbocycles. The van der Waals surface area contributed by atoms with E-state index in [9.17, 15) is 9.59 Å². The lowest BCUT2D eigenvalue weighted by Crippen LogP contribution is -2.49. The number of allylic oxidation sites excluding steroid dienone is 1. The van der Waals surface area contributed by atoms with E-state index >= 15 is 0 Å². The van der Waals surface area contributed by atoms with E-state index < -0.39 is 0 Å². The molecule has 1 fully saturated rings. The number of hydrogen-bond donors (Lipinski definition) is 0. The number of halogens is 2. The lowest BCUT2D eigenvalue weighted by atomic mass is 9.81. The predicted octanol–water partition coefficient (Wildman–Crippen LogP) is 3.53. The summed E-state index contributed by atoms with van der Waals surface area (Å²) in [6.45, 7) is 9.53. The van der Waals surface area contributed by atoms with E-state index in [2.05, 4.69) is 28.0 Å². The second-order valence-electron chi connectivity index (χ2n) is 9.42. The highest BCUT2D eigenvalue weighted by molar-refractivity contribution is 5.95. The summed E-state index contributed by atoms with van der Waals surface area (Å²) < 4.78 is 10.4. The first-order valence-electron chi connectivity index (χ1n) is 11.8. The number of amides is 1. The Kier molecular flexibility index (Phi) is 10.6. The molecule has 9 heteroatoms. The first-order valence-corrected chi connectivity index (χ1v) is 11.8. The van der Waals surface area contributed by atoms with Gasteiger partial charge >= 0.3 is 5.97 Å². The summed E-state index contributed by atoms with van der Waals surface area (Å²) in [5.74, 6) is 0.291. The Balaban J connectivity index is 0.00000216. The normalized spacial score (nSPS) is 22.5. The van der Waals surface area contributed by atoms with Crippen LogP contribution in [0, 0.1) is 11.8 Å². The fraction of sp³-hybridized carbons (Fsp3) is 0.538. The maximum Gasteiger partial charge on any atom is 0.335 e. The van der Waals surface area contributed by atoms with Crippen molar-refractivity contribution in [1.29, 1.82) is 0 Å². The van der Waals surface area contributed by atoms with Gasteiger partial charge in [0.05, 0.1) is 25.7 Å². The maximum atomic E-state index is 13.3. The third-order valence-electron chi connectivity index (χ3n) is 7.02. The highest BCUT2D eigenvalue weighted by Crippen LogP contribution is 2.42. The number of piperazine rings is 1. The Morgan fingerprint density at radius 1 is 1.06 bits per heavy atom. The Morgan fingerprint density at radius 3 is 2.31 bits per heavy atom. The molecule has 0 unspecified atom stereocenters. The largest absolute Gasteiger partial charge is 0.497 e. The van der Waals surface area contributed by atoms with E-state index in [4.69, 9.17) is 9.47 Å². The molecule has 7 nitrogen and oxygen atoms in total. The molecule has 194 valence electrons. The van der Waals surface area contributed by atoms with E-state index in [0.29, 0.717) is 12.0 Å². The van der Waals surface area contributed by atoms with Crippen molar-refractivity contribution in [2.75, 3.05) is 46.9 Å². The molecule has 0 spiro atoms. The fourth-order valence-electron chi connectivity index (χ4n) is 5.19. The van der Waals surface area contributed by atoms with Crippen molar-refractivity contribution in [3.05, 3.63) is 53.3 Å². The van der Waals surface area contributed by atoms with Gasteiger partial charge in [-0.25, -0.2) is 4.79 Å². The molecule has 4 rings (SSSR count). The van der Waals surface area contributed by atoms with E-state index in [1.165, 1.54) is 12.7 Å². The molecule has 1 aromatic carbocycles. The van der Waals surface area contributed by atoms with Crippen LogP contribution in [0.5, 0.6) is 5.75 Å². The zero-order chi connectivity index (χ0) is 23.5. The third kappa shape index (κ3) is 6.39. The number of ether oxygens (including phenoxy) is 2. The summed E-state index contributed by atoms with van der Waals surface area (Å²) in [6.07, 6.45) is 4.61. The molecule has 0 saturated carbocycles. The first-order chi connectivity index (χ1) is 15.9. The minimum atomic E-state index is -0.330. The lowest BCUT2D eigenvalue weighted by molar-refractivity contribution is -0.139. The summed E-state index contributed by atoms with van der Waals surface area (Å²) in [5, 5.41) is 0. The fourth-order valence-corrected chi connectivity index (χ4v) is 5.19. The van der Waals surface area contributed by atoms with Gasteiger partial charge in [-0.2, -0.15) is 0 Å². The second kappa shape index (κ2) is 12.8. The molecule has 3 aliphatic rings. The summed E-state index contributed by atoms with van der Waals surface area (Å²) in [7, 11) is 3.10. The number of rotatable bonds is 7. The monoisotopic (exact) mass is 525 g/mol. The Bertz CT molecular complexity index is 958. The van der Waals surface area contributed by atoms with Crippen molar-refractivity contribution in [2.45, 2.75) is 32.9 Å². The number of hydrogen-bond acceptors (Lipinski definition) is 6. The van der Waals surface area contributed by atoms with Gasteiger partial charge in [-0.15, -0.1) is 24.8 Å². The van der Waals surface area contributed by atoms with Crippen molar-refractivity contribution in [3.8, 4) is 5.75 Å². The van der Waals surface area contributed by atoms with Gasteiger partial charge < -0.3 is 14.4 Å². The highest BCUT2D eigenvalue weighted by atomic mass is 35.5. The van der Waals surface area contributed by atoms with E-state index in [1.807, 2.05) is 26.0 Å². The SMILES string of the molecule is COC(=O)C1=CN(C(C)C)C(=O)[C@@H]2C(CN3CCN(Cc4cccc(OC)c4)CC3)=CC[C@H]12.Cl.Cl. The quantitative estimate of drug-likeness (QED) is 0.400. The Hall–Kier alpha value is -2.06. The van der Waals surface area contributed by atoms with Crippen LogP contribution in [0.2, 0.25) is 0 Å². The molecule has 35 heavy (non-hydrogen) atoms. The van der Waals surface area contributed by atoms with E-state index in [-0.39, 0.29) is 54.6 Å². The molecule has 0 N–H and O–H groups in total. The highest BCUT2D eigenvalue weighted by Gasteiger charge is 2.45. The number of benzene rings is 1. The van der Waals surface area contributed by atoms with Crippen LogP contribution in [0.4, 0.5) is 0 Å². The minimum absolute atomic E-state index is 0. The average molecular weight is 527 g/mol. The number of fused-ring (bicyclic) bond motifs is 1. The van der Waals surface area contributed by atoms with Crippen LogP contribution in [0.1, 0.15) is 25.8 Å². The van der Waals surface area contributed by atoms with Gasteiger partial charge in [0.15, 0.2) is 0 Å². The van der Waals surface area contributed by atoms with E-state index in [1.54, 1.807) is 18.2 Å². The van der Waals surface area contributed by atoms with Crippen LogP contribution < -0.4 is 4.74 Å². The summed E-state index contributed by atoms with van der Waals surface area (Å²) in [4.78, 5) is 32.3. The van der Waals surface area contributed by atoms with Gasteiger partial charge in [-0.1, -0.05) is 18.2 Å². The van der Waals surface area contributed by atoms with Crippen LogP contribution in [0.15, 0.2) is 47.7 Å². The van der Waals surface area contributed by atoms with Crippen LogP contribution in [-0.2, 0) is 20.9 Å². The molecule has 0 bridgehead atoms. The summed E-state index contributed by atoms with van der Waals surface area (Å²) in [6, 6.07) is 8.24. The smallest absolute Gasteiger partial charge is 0.335 e. The summed E-state index contributed by atoms with van der Waals surface area (Å²) >= 11 is 0. The number of carbonyl (C=O) groups is 2. The Labute approximate surface area is 220 Å². The van der Waals surface area contributed by atoms with Gasteiger partial charge in [-0.05, 0) is 43.5 Å². The van der Waals surface area contributed by atoms with Crippen molar-refractivity contribution in [2.24, 2.45) is 11.8 Å². The summed E-state index contributed by atoms with van der Waals surface area (Å²) in [5.41, 5.74) is 3.02. The lowest BCUT2D eigenvalue weighted by Gasteiger charge is -2.38. The average Bonchev–Trinajstić information content (AvgIpc) is 3.24. The number of carbonyl (C=O) groups excluding carboxylic acids is 2. The van der Waals surface area contributed by atoms with Crippen LogP contribution in [0.3, 0.4) is 0 Å². The van der Waals surface area contributed by atoms with Gasteiger partial charge in [0, 0.05) is 57.4 Å².